The fourth-order valence-corrected chi connectivity index (χ4v) is 2.84. The van der Waals surface area contributed by atoms with E-state index in [0.29, 0.717) is 17.7 Å². The molecule has 2 amide bonds. The number of carbonyl (C=O) groups is 4. The highest BCUT2D eigenvalue weighted by atomic mass is 16.5. The summed E-state index contributed by atoms with van der Waals surface area (Å²) in [5, 5.41) is 5.33. The molecule has 0 aliphatic rings. The van der Waals surface area contributed by atoms with E-state index in [4.69, 9.17) is 9.15 Å². The van der Waals surface area contributed by atoms with E-state index >= 15 is 0 Å². The first-order chi connectivity index (χ1) is 15.5. The van der Waals surface area contributed by atoms with Gasteiger partial charge in [-0.15, -0.1) is 0 Å². The van der Waals surface area contributed by atoms with Crippen molar-refractivity contribution in [3.05, 3.63) is 83.8 Å². The Morgan fingerprint density at radius 2 is 1.66 bits per heavy atom. The van der Waals surface area contributed by atoms with Crippen LogP contribution in [-0.4, -0.2) is 30.2 Å². The van der Waals surface area contributed by atoms with Crippen LogP contribution in [0.2, 0.25) is 0 Å². The largest absolute Gasteiger partial charge is 0.459 e. The Balaban J connectivity index is 1.59. The number of ketones is 1. The topological polar surface area (TPSA) is 115 Å². The average Bonchev–Trinajstić information content (AvgIpc) is 3.33. The second kappa shape index (κ2) is 10.7. The molecule has 0 aliphatic heterocycles. The van der Waals surface area contributed by atoms with E-state index in [1.807, 2.05) is 6.92 Å². The van der Waals surface area contributed by atoms with Crippen LogP contribution in [0.25, 0.3) is 0 Å². The van der Waals surface area contributed by atoms with E-state index in [2.05, 4.69) is 10.6 Å². The predicted octanol–water partition coefficient (Wildman–Crippen LogP) is 4.31. The third-order valence-electron chi connectivity index (χ3n) is 4.44. The summed E-state index contributed by atoms with van der Waals surface area (Å²) in [6.45, 7) is 1.44. The Bertz CT molecular complexity index is 1100. The minimum Gasteiger partial charge on any atom is -0.459 e. The maximum Gasteiger partial charge on any atom is 0.340 e. The Morgan fingerprint density at radius 3 is 2.34 bits per heavy atom. The minimum absolute atomic E-state index is 0.0951. The third-order valence-corrected chi connectivity index (χ3v) is 4.44. The van der Waals surface area contributed by atoms with Crippen LogP contribution in [0.1, 0.15) is 51.0 Å². The van der Waals surface area contributed by atoms with Gasteiger partial charge in [-0.05, 0) is 55.0 Å². The molecule has 2 aromatic carbocycles. The normalized spacial score (nSPS) is 10.3. The maximum atomic E-state index is 12.5. The molecule has 2 N–H and O–H groups in total. The Labute approximate surface area is 184 Å². The van der Waals surface area contributed by atoms with Crippen molar-refractivity contribution in [3.8, 4) is 0 Å². The van der Waals surface area contributed by atoms with Crippen molar-refractivity contribution >= 4 is 34.9 Å². The summed E-state index contributed by atoms with van der Waals surface area (Å²) in [4.78, 5) is 48.7. The van der Waals surface area contributed by atoms with Crippen molar-refractivity contribution in [1.29, 1.82) is 0 Å². The van der Waals surface area contributed by atoms with Crippen LogP contribution < -0.4 is 10.6 Å². The smallest absolute Gasteiger partial charge is 0.340 e. The number of hydrogen-bond acceptors (Lipinski definition) is 6. The molecule has 0 bridgehead atoms. The van der Waals surface area contributed by atoms with Gasteiger partial charge < -0.3 is 19.8 Å². The molecule has 0 saturated heterocycles. The third kappa shape index (κ3) is 5.91. The van der Waals surface area contributed by atoms with Gasteiger partial charge in [0.15, 0.2) is 18.2 Å². The van der Waals surface area contributed by atoms with Gasteiger partial charge in [0.1, 0.15) is 0 Å². The number of furan rings is 1. The zero-order chi connectivity index (χ0) is 22.9. The molecule has 1 heterocycles. The van der Waals surface area contributed by atoms with E-state index < -0.39 is 24.3 Å². The molecule has 0 saturated carbocycles. The second-order valence-electron chi connectivity index (χ2n) is 6.85. The SMILES string of the molecule is CCCC(=O)Nc1ccc(C(=O)COC(=O)c2ccccc2NC(=O)c2ccco2)cc1. The number of esters is 1. The van der Waals surface area contributed by atoms with Crippen LogP contribution in [-0.2, 0) is 9.53 Å². The summed E-state index contributed by atoms with van der Waals surface area (Å²) >= 11 is 0. The Morgan fingerprint density at radius 1 is 0.906 bits per heavy atom. The molecular weight excluding hydrogens is 412 g/mol. The lowest BCUT2D eigenvalue weighted by Gasteiger charge is -2.10. The second-order valence-corrected chi connectivity index (χ2v) is 6.85. The van der Waals surface area contributed by atoms with E-state index in [0.717, 1.165) is 6.42 Å². The highest BCUT2D eigenvalue weighted by Gasteiger charge is 2.18. The number of benzene rings is 2. The highest BCUT2D eigenvalue weighted by molar-refractivity contribution is 6.07. The first kappa shape index (κ1) is 22.5. The molecule has 0 spiro atoms. The maximum absolute atomic E-state index is 12.5. The zero-order valence-corrected chi connectivity index (χ0v) is 17.4. The molecular formula is C24H22N2O6. The average molecular weight is 434 g/mol. The van der Waals surface area contributed by atoms with Crippen molar-refractivity contribution < 1.29 is 28.3 Å². The van der Waals surface area contributed by atoms with Crippen LogP contribution in [0.5, 0.6) is 0 Å². The molecule has 1 aromatic heterocycles. The Hall–Kier alpha value is -4.20. The van der Waals surface area contributed by atoms with Gasteiger partial charge in [-0.1, -0.05) is 19.1 Å². The number of amides is 2. The number of nitrogens with one attached hydrogen (secondary N) is 2. The molecule has 32 heavy (non-hydrogen) atoms. The predicted molar refractivity (Wildman–Crippen MR) is 118 cm³/mol. The van der Waals surface area contributed by atoms with E-state index in [1.165, 1.54) is 18.4 Å². The number of hydrogen-bond donors (Lipinski definition) is 2. The van der Waals surface area contributed by atoms with E-state index in [1.54, 1.807) is 48.5 Å². The van der Waals surface area contributed by atoms with Crippen molar-refractivity contribution in [1.82, 2.24) is 0 Å². The van der Waals surface area contributed by atoms with Gasteiger partial charge in [0, 0.05) is 17.7 Å². The fourth-order valence-electron chi connectivity index (χ4n) is 2.84. The quantitative estimate of drug-likeness (QED) is 0.383. The van der Waals surface area contributed by atoms with Crippen LogP contribution in [0.3, 0.4) is 0 Å². The van der Waals surface area contributed by atoms with Gasteiger partial charge in [0.2, 0.25) is 5.91 Å². The molecule has 0 unspecified atom stereocenters. The van der Waals surface area contributed by atoms with Crippen molar-refractivity contribution in [2.75, 3.05) is 17.2 Å². The fraction of sp³-hybridized carbons (Fsp3) is 0.167. The zero-order valence-electron chi connectivity index (χ0n) is 17.4. The first-order valence-corrected chi connectivity index (χ1v) is 10.0. The van der Waals surface area contributed by atoms with Gasteiger partial charge in [-0.3, -0.25) is 14.4 Å². The number of para-hydroxylation sites is 1. The number of rotatable bonds is 9. The monoisotopic (exact) mass is 434 g/mol. The summed E-state index contributed by atoms with van der Waals surface area (Å²) in [5.41, 5.74) is 1.26. The summed E-state index contributed by atoms with van der Waals surface area (Å²) in [5.74, 6) is -1.67. The van der Waals surface area contributed by atoms with Crippen molar-refractivity contribution in [2.24, 2.45) is 0 Å². The summed E-state index contributed by atoms with van der Waals surface area (Å²) in [6.07, 6.45) is 2.52. The number of Topliss-reactive ketones (excluding diaryl/α,β-unsaturated/α-hetero) is 1. The molecule has 0 fully saturated rings. The number of anilines is 2. The first-order valence-electron chi connectivity index (χ1n) is 10.0. The molecule has 164 valence electrons. The summed E-state index contributed by atoms with van der Waals surface area (Å²) < 4.78 is 10.2. The van der Waals surface area contributed by atoms with E-state index in [-0.39, 0.29) is 22.9 Å². The molecule has 0 atom stereocenters. The van der Waals surface area contributed by atoms with Crippen molar-refractivity contribution in [2.45, 2.75) is 19.8 Å². The summed E-state index contributed by atoms with van der Waals surface area (Å²) in [6, 6.07) is 15.7. The lowest BCUT2D eigenvalue weighted by atomic mass is 10.1. The van der Waals surface area contributed by atoms with Gasteiger partial charge in [0.25, 0.3) is 5.91 Å². The van der Waals surface area contributed by atoms with Gasteiger partial charge >= 0.3 is 5.97 Å². The lowest BCUT2D eigenvalue weighted by molar-refractivity contribution is -0.116. The van der Waals surface area contributed by atoms with Gasteiger partial charge in [-0.2, -0.15) is 0 Å². The van der Waals surface area contributed by atoms with Crippen LogP contribution in [0, 0.1) is 0 Å². The van der Waals surface area contributed by atoms with Crippen molar-refractivity contribution in [3.63, 3.8) is 0 Å². The number of carbonyl (C=O) groups excluding carboxylic acids is 4. The molecule has 3 rings (SSSR count). The molecule has 3 aromatic rings. The van der Waals surface area contributed by atoms with Gasteiger partial charge in [-0.25, -0.2) is 4.79 Å². The highest BCUT2D eigenvalue weighted by Crippen LogP contribution is 2.18. The molecule has 8 nitrogen and oxygen atoms in total. The Kier molecular flexibility index (Phi) is 7.53. The van der Waals surface area contributed by atoms with Gasteiger partial charge in [0.05, 0.1) is 17.5 Å². The van der Waals surface area contributed by atoms with E-state index in [9.17, 15) is 19.2 Å². The molecule has 0 radical (unpaired) electrons. The summed E-state index contributed by atoms with van der Waals surface area (Å²) in [7, 11) is 0. The minimum atomic E-state index is -0.753. The van der Waals surface area contributed by atoms with Crippen LogP contribution in [0.4, 0.5) is 11.4 Å². The van der Waals surface area contributed by atoms with Crippen LogP contribution >= 0.6 is 0 Å². The standard InChI is InChI=1S/C24H22N2O6/c1-2-6-22(28)25-17-12-10-16(11-13-17)20(27)15-32-24(30)18-7-3-4-8-19(18)26-23(29)21-9-5-14-31-21/h3-5,7-14H,2,6,15H2,1H3,(H,25,28)(H,26,29). The molecule has 0 aliphatic carbocycles. The number of ether oxygens (including phenoxy) is 1. The molecule has 8 heteroatoms. The lowest BCUT2D eigenvalue weighted by Crippen LogP contribution is -2.18. The van der Waals surface area contributed by atoms with Crippen LogP contribution in [0.15, 0.2) is 71.3 Å².